The molecule has 184 valence electrons. The van der Waals surface area contributed by atoms with Gasteiger partial charge in [-0.15, -0.1) is 0 Å². The highest BCUT2D eigenvalue weighted by atomic mass is 79.9. The zero-order valence-electron chi connectivity index (χ0n) is 20.4. The molecule has 1 aliphatic carbocycles. The molecule has 2 aromatic rings. The van der Waals surface area contributed by atoms with Crippen molar-refractivity contribution in [1.29, 1.82) is 0 Å². The van der Waals surface area contributed by atoms with Gasteiger partial charge in [-0.05, 0) is 55.2 Å². The number of Topliss-reactive ketones (excluding diaryl/α,β-unsaturated/α-hetero) is 1. The molecule has 0 bridgehead atoms. The molecule has 1 aliphatic heterocycles. The number of rotatable bonds is 6. The molecule has 0 saturated heterocycles. The first-order valence-electron chi connectivity index (χ1n) is 11.2. The molecule has 0 fully saturated rings. The largest absolute Gasteiger partial charge is 0.496 e. The van der Waals surface area contributed by atoms with E-state index in [9.17, 15) is 9.59 Å². The highest BCUT2D eigenvalue weighted by molar-refractivity contribution is 9.10. The van der Waals surface area contributed by atoms with Crippen LogP contribution in [0.3, 0.4) is 0 Å². The summed E-state index contributed by atoms with van der Waals surface area (Å²) in [6.07, 6.45) is 0.908. The first-order valence-corrected chi connectivity index (χ1v) is 12.0. The van der Waals surface area contributed by atoms with E-state index in [-0.39, 0.29) is 11.7 Å². The fourth-order valence-corrected chi connectivity index (χ4v) is 5.38. The Labute approximate surface area is 213 Å². The number of allylic oxidation sites excluding steroid dienone is 3. The first-order chi connectivity index (χ1) is 16.8. The van der Waals surface area contributed by atoms with Crippen LogP contribution < -0.4 is 19.5 Å². The molecule has 0 radical (unpaired) electrons. The summed E-state index contributed by atoms with van der Waals surface area (Å²) in [6.45, 7) is 1.83. The lowest BCUT2D eigenvalue weighted by atomic mass is 9.71. The Morgan fingerprint density at radius 1 is 0.943 bits per heavy atom. The Morgan fingerprint density at radius 2 is 1.63 bits per heavy atom. The minimum Gasteiger partial charge on any atom is -0.496 e. The number of methoxy groups -OCH3 is 4. The zero-order chi connectivity index (χ0) is 25.3. The van der Waals surface area contributed by atoms with Crippen LogP contribution in [0.4, 0.5) is 0 Å². The molecule has 7 nitrogen and oxygen atoms in total. The molecule has 0 saturated carbocycles. The molecule has 2 aliphatic rings. The van der Waals surface area contributed by atoms with E-state index < -0.39 is 11.9 Å². The number of benzene rings is 2. The number of hydrogen-bond acceptors (Lipinski definition) is 7. The van der Waals surface area contributed by atoms with Crippen LogP contribution in [-0.4, -0.2) is 40.2 Å². The summed E-state index contributed by atoms with van der Waals surface area (Å²) in [5.41, 5.74) is 4.15. The summed E-state index contributed by atoms with van der Waals surface area (Å²) < 4.78 is 22.4. The van der Waals surface area contributed by atoms with Crippen LogP contribution in [0, 0.1) is 0 Å². The van der Waals surface area contributed by atoms with Crippen molar-refractivity contribution in [3.05, 3.63) is 74.5 Å². The lowest BCUT2D eigenvalue weighted by Gasteiger charge is -2.37. The van der Waals surface area contributed by atoms with Gasteiger partial charge in [0.05, 0.1) is 39.9 Å². The topological polar surface area (TPSA) is 83.1 Å². The summed E-state index contributed by atoms with van der Waals surface area (Å²) >= 11 is 3.52. The van der Waals surface area contributed by atoms with Crippen molar-refractivity contribution in [3.8, 4) is 17.2 Å². The highest BCUT2D eigenvalue weighted by Gasteiger charge is 2.42. The molecule has 2 atom stereocenters. The standard InChI is InChI=1S/C27H28BrNO6/c1-14-24(27(31)35-5)25(18-13-17(28)7-9-21(18)32-2)26-19(29-14)10-16(11-20(26)30)15-6-8-22(33-3)23(12-15)34-4/h6-9,12-13,16,25,29H,10-11H2,1-5H3/t16-,25+/m0/s1. The fraction of sp³-hybridized carbons (Fsp3) is 0.333. The number of hydrogen-bond donors (Lipinski definition) is 1. The Bertz CT molecular complexity index is 1250. The predicted octanol–water partition coefficient (Wildman–Crippen LogP) is 5.01. The van der Waals surface area contributed by atoms with Crippen molar-refractivity contribution >= 4 is 27.7 Å². The van der Waals surface area contributed by atoms with E-state index in [1.807, 2.05) is 43.3 Å². The van der Waals surface area contributed by atoms with Gasteiger partial charge < -0.3 is 24.3 Å². The lowest BCUT2D eigenvalue weighted by Crippen LogP contribution is -2.36. The van der Waals surface area contributed by atoms with Crippen LogP contribution in [0.15, 0.2) is 63.4 Å². The van der Waals surface area contributed by atoms with Crippen molar-refractivity contribution in [2.24, 2.45) is 0 Å². The third-order valence-electron chi connectivity index (χ3n) is 6.61. The van der Waals surface area contributed by atoms with Gasteiger partial charge in [0.15, 0.2) is 17.3 Å². The van der Waals surface area contributed by atoms with Crippen LogP contribution in [-0.2, 0) is 14.3 Å². The van der Waals surface area contributed by atoms with Gasteiger partial charge in [-0.3, -0.25) is 4.79 Å². The van der Waals surface area contributed by atoms with Crippen molar-refractivity contribution < 1.29 is 28.5 Å². The maximum atomic E-state index is 13.7. The number of carbonyl (C=O) groups is 2. The highest BCUT2D eigenvalue weighted by Crippen LogP contribution is 2.48. The quantitative estimate of drug-likeness (QED) is 0.514. The summed E-state index contributed by atoms with van der Waals surface area (Å²) in [5.74, 6) is 0.682. The van der Waals surface area contributed by atoms with Gasteiger partial charge in [-0.2, -0.15) is 0 Å². The Morgan fingerprint density at radius 3 is 2.29 bits per heavy atom. The molecule has 0 unspecified atom stereocenters. The van der Waals surface area contributed by atoms with Gasteiger partial charge >= 0.3 is 5.97 Å². The summed E-state index contributed by atoms with van der Waals surface area (Å²) in [4.78, 5) is 26.7. The molecule has 2 aromatic carbocycles. The average molecular weight is 542 g/mol. The number of ether oxygens (including phenoxy) is 4. The van der Waals surface area contributed by atoms with Crippen molar-refractivity contribution in [2.45, 2.75) is 31.6 Å². The van der Waals surface area contributed by atoms with Gasteiger partial charge in [-0.1, -0.05) is 22.0 Å². The molecular formula is C27H28BrNO6. The van der Waals surface area contributed by atoms with E-state index in [1.165, 1.54) is 7.11 Å². The van der Waals surface area contributed by atoms with Gasteiger partial charge in [0, 0.05) is 33.4 Å². The van der Waals surface area contributed by atoms with Crippen LogP contribution in [0.25, 0.3) is 0 Å². The number of esters is 1. The van der Waals surface area contributed by atoms with E-state index >= 15 is 0 Å². The van der Waals surface area contributed by atoms with E-state index in [1.54, 1.807) is 21.3 Å². The molecule has 8 heteroatoms. The van der Waals surface area contributed by atoms with Crippen molar-refractivity contribution in [3.63, 3.8) is 0 Å². The molecule has 1 N–H and O–H groups in total. The number of ketones is 1. The first kappa shape index (κ1) is 24.9. The molecule has 1 heterocycles. The number of halogens is 1. The Kier molecular flexibility index (Phi) is 7.21. The lowest BCUT2D eigenvalue weighted by molar-refractivity contribution is -0.136. The monoisotopic (exact) mass is 541 g/mol. The molecule has 35 heavy (non-hydrogen) atoms. The minimum atomic E-state index is -0.606. The molecular weight excluding hydrogens is 514 g/mol. The summed E-state index contributed by atoms with van der Waals surface area (Å²) in [7, 11) is 6.11. The van der Waals surface area contributed by atoms with E-state index in [4.69, 9.17) is 18.9 Å². The average Bonchev–Trinajstić information content (AvgIpc) is 2.86. The number of carbonyl (C=O) groups excluding carboxylic acids is 2. The van der Waals surface area contributed by atoms with Crippen molar-refractivity contribution in [2.75, 3.05) is 28.4 Å². The van der Waals surface area contributed by atoms with E-state index in [2.05, 4.69) is 21.2 Å². The number of nitrogens with one attached hydrogen (secondary N) is 1. The van der Waals surface area contributed by atoms with Gasteiger partial charge in [0.25, 0.3) is 0 Å². The molecule has 0 amide bonds. The normalized spacial score (nSPS) is 19.7. The fourth-order valence-electron chi connectivity index (χ4n) is 5.00. The molecule has 0 spiro atoms. The summed E-state index contributed by atoms with van der Waals surface area (Å²) in [6, 6.07) is 11.3. The zero-order valence-corrected chi connectivity index (χ0v) is 21.9. The van der Waals surface area contributed by atoms with Crippen LogP contribution in [0.5, 0.6) is 17.2 Å². The molecule has 0 aromatic heterocycles. The van der Waals surface area contributed by atoms with Gasteiger partial charge in [-0.25, -0.2) is 4.79 Å². The number of dihydropyridines is 1. The van der Waals surface area contributed by atoms with Gasteiger partial charge in [0.1, 0.15) is 5.75 Å². The van der Waals surface area contributed by atoms with Crippen LogP contribution >= 0.6 is 15.9 Å². The molecule has 4 rings (SSSR count). The smallest absolute Gasteiger partial charge is 0.336 e. The summed E-state index contributed by atoms with van der Waals surface area (Å²) in [5, 5.41) is 3.35. The minimum absolute atomic E-state index is 0.0283. The maximum absolute atomic E-state index is 13.7. The van der Waals surface area contributed by atoms with Gasteiger partial charge in [0.2, 0.25) is 0 Å². The predicted molar refractivity (Wildman–Crippen MR) is 135 cm³/mol. The second-order valence-corrected chi connectivity index (χ2v) is 9.43. The van der Waals surface area contributed by atoms with Crippen molar-refractivity contribution in [1.82, 2.24) is 5.32 Å². The van der Waals surface area contributed by atoms with Crippen LogP contribution in [0.2, 0.25) is 0 Å². The van der Waals surface area contributed by atoms with Crippen LogP contribution in [0.1, 0.15) is 42.7 Å². The van der Waals surface area contributed by atoms with E-state index in [0.29, 0.717) is 46.9 Å². The Balaban J connectivity index is 1.83. The third kappa shape index (κ3) is 4.55. The second kappa shape index (κ2) is 10.2. The maximum Gasteiger partial charge on any atom is 0.336 e. The third-order valence-corrected chi connectivity index (χ3v) is 7.11. The second-order valence-electron chi connectivity index (χ2n) is 8.51. The SMILES string of the molecule is COC(=O)C1=C(C)NC2=C(C(=O)C[C@@H](c3ccc(OC)c(OC)c3)C2)[C@@H]1c1cc(Br)ccc1OC. The Hall–Kier alpha value is -3.26. The van der Waals surface area contributed by atoms with E-state index in [0.717, 1.165) is 21.3 Å².